The van der Waals surface area contributed by atoms with Crippen molar-refractivity contribution in [2.75, 3.05) is 0 Å². The van der Waals surface area contributed by atoms with Gasteiger partial charge in [-0.05, 0) is 170 Å². The predicted molar refractivity (Wildman–Crippen MR) is 268 cm³/mol. The van der Waals surface area contributed by atoms with E-state index >= 15 is 0 Å². The second-order valence-corrected chi connectivity index (χ2v) is 20.3. The summed E-state index contributed by atoms with van der Waals surface area (Å²) in [6.07, 6.45) is 17.9. The molecule has 1 saturated carbocycles. The minimum Gasteiger partial charge on any atom is -0.0654 e. The zero-order chi connectivity index (χ0) is 42.4. The summed E-state index contributed by atoms with van der Waals surface area (Å²) < 4.78 is 0. The third-order valence-electron chi connectivity index (χ3n) is 16.7. The molecule has 0 heteroatoms. The van der Waals surface area contributed by atoms with Gasteiger partial charge in [-0.1, -0.05) is 192 Å². The van der Waals surface area contributed by atoms with E-state index in [0.717, 1.165) is 5.92 Å². The summed E-state index contributed by atoms with van der Waals surface area (Å²) in [5, 5.41) is 2.96. The third-order valence-corrected chi connectivity index (χ3v) is 16.7. The van der Waals surface area contributed by atoms with Gasteiger partial charge in [-0.15, -0.1) is 0 Å². The van der Waals surface area contributed by atoms with Crippen LogP contribution in [-0.4, -0.2) is 0 Å². The van der Waals surface area contributed by atoms with Gasteiger partial charge in [-0.3, -0.25) is 0 Å². The minimum atomic E-state index is 0.330. The fourth-order valence-electron chi connectivity index (χ4n) is 13.6. The van der Waals surface area contributed by atoms with Crippen LogP contribution in [0.15, 0.2) is 140 Å². The van der Waals surface area contributed by atoms with Crippen molar-refractivity contribution in [3.63, 3.8) is 0 Å². The van der Waals surface area contributed by atoms with Crippen molar-refractivity contribution in [1.82, 2.24) is 0 Å². The average Bonchev–Trinajstić information content (AvgIpc) is 3.33. The number of unbranched alkanes of at least 4 members (excludes halogenated alkanes) is 1. The molecule has 1 fully saturated rings. The van der Waals surface area contributed by atoms with Gasteiger partial charge in [0.15, 0.2) is 0 Å². The maximum atomic E-state index is 2.64. The summed E-state index contributed by atoms with van der Waals surface area (Å²) in [6.45, 7) is 7.54. The lowest BCUT2D eigenvalue weighted by Gasteiger charge is -2.41. The Hall–Kier alpha value is -5.20. The van der Waals surface area contributed by atoms with E-state index in [-0.39, 0.29) is 0 Å². The molecule has 0 saturated heterocycles. The van der Waals surface area contributed by atoms with Crippen molar-refractivity contribution >= 4 is 10.8 Å². The molecule has 4 aliphatic rings. The lowest BCUT2D eigenvalue weighted by Crippen LogP contribution is -2.25. The van der Waals surface area contributed by atoms with Crippen molar-refractivity contribution < 1.29 is 0 Å². The molecule has 6 unspecified atom stereocenters. The topological polar surface area (TPSA) is 0 Å². The Balaban J connectivity index is 1.17. The van der Waals surface area contributed by atoms with Crippen LogP contribution >= 0.6 is 0 Å². The molecule has 11 rings (SSSR count). The van der Waals surface area contributed by atoms with Gasteiger partial charge in [0.05, 0.1) is 0 Å². The summed E-state index contributed by atoms with van der Waals surface area (Å²) in [5.41, 5.74) is 23.0. The van der Waals surface area contributed by atoms with E-state index in [4.69, 9.17) is 0 Å². The van der Waals surface area contributed by atoms with Gasteiger partial charge in [0.25, 0.3) is 0 Å². The average molecular weight is 823 g/mol. The number of rotatable bonds is 6. The van der Waals surface area contributed by atoms with Crippen molar-refractivity contribution in [2.24, 2.45) is 11.8 Å². The highest BCUT2D eigenvalue weighted by Gasteiger charge is 2.39. The van der Waals surface area contributed by atoms with Crippen molar-refractivity contribution in [3.8, 4) is 33.4 Å². The monoisotopic (exact) mass is 823 g/mol. The molecule has 6 atom stereocenters. The molecule has 0 heterocycles. The zero-order valence-corrected chi connectivity index (χ0v) is 38.1. The first-order valence-corrected chi connectivity index (χ1v) is 25.1. The molecule has 0 spiro atoms. The fraction of sp³-hybridized carbons (Fsp3) is 0.365. The summed E-state index contributed by atoms with van der Waals surface area (Å²) in [4.78, 5) is 0. The lowest BCUT2D eigenvalue weighted by molar-refractivity contribution is 0.305. The van der Waals surface area contributed by atoms with Gasteiger partial charge in [0.2, 0.25) is 0 Å². The van der Waals surface area contributed by atoms with Crippen molar-refractivity contribution in [1.29, 1.82) is 0 Å². The van der Waals surface area contributed by atoms with E-state index < -0.39 is 0 Å². The number of hydrogen-bond donors (Lipinski definition) is 0. The number of benzene rings is 7. The zero-order valence-electron chi connectivity index (χ0n) is 38.1. The smallest absolute Gasteiger partial charge is 0.0127 e. The third kappa shape index (κ3) is 7.31. The molecule has 7 aromatic carbocycles. The van der Waals surface area contributed by atoms with Crippen LogP contribution in [0.25, 0.3) is 44.2 Å². The predicted octanol–water partition coefficient (Wildman–Crippen LogP) is 17.9. The molecule has 63 heavy (non-hydrogen) atoms. The Labute approximate surface area is 378 Å². The van der Waals surface area contributed by atoms with Gasteiger partial charge < -0.3 is 0 Å². The lowest BCUT2D eigenvalue weighted by atomic mass is 9.63. The van der Waals surface area contributed by atoms with Crippen LogP contribution in [0.2, 0.25) is 0 Å². The Kier molecular flexibility index (Phi) is 11.2. The summed E-state index contributed by atoms with van der Waals surface area (Å²) in [6, 6.07) is 54.8. The second-order valence-electron chi connectivity index (χ2n) is 20.3. The molecule has 318 valence electrons. The maximum Gasteiger partial charge on any atom is 0.0127 e. The molecule has 7 aromatic rings. The molecular weight excluding hydrogens is 757 g/mol. The summed E-state index contributed by atoms with van der Waals surface area (Å²) in [5.74, 6) is 3.09. The summed E-state index contributed by atoms with van der Waals surface area (Å²) in [7, 11) is 0. The Bertz CT molecular complexity index is 2750. The molecular formula is C63H66. The Morgan fingerprint density at radius 3 is 2.00 bits per heavy atom. The van der Waals surface area contributed by atoms with Gasteiger partial charge in [-0.25, -0.2) is 0 Å². The SMILES string of the molecule is CCCCC1c2ccc(-c3ccccc3)cc2C2CCCCCC(C)C(c3c4c(C)c(c5ccccc35)-c3cc(-c5ccccc5)ccc3C3CCCC(CC4)C3)c3cccc1c32. The van der Waals surface area contributed by atoms with Gasteiger partial charge in [-0.2, -0.15) is 0 Å². The summed E-state index contributed by atoms with van der Waals surface area (Å²) >= 11 is 0. The molecule has 0 aliphatic heterocycles. The van der Waals surface area contributed by atoms with E-state index in [9.17, 15) is 0 Å². The van der Waals surface area contributed by atoms with E-state index in [1.54, 1.807) is 50.1 Å². The molecule has 0 aromatic heterocycles. The van der Waals surface area contributed by atoms with E-state index in [2.05, 4.69) is 160 Å². The number of fused-ring (bicyclic) bond motifs is 11. The maximum absolute atomic E-state index is 2.64. The van der Waals surface area contributed by atoms with Crippen LogP contribution in [0.5, 0.6) is 0 Å². The van der Waals surface area contributed by atoms with E-state index in [0.29, 0.717) is 29.6 Å². The Morgan fingerprint density at radius 2 is 1.22 bits per heavy atom. The van der Waals surface area contributed by atoms with Crippen LogP contribution in [0.3, 0.4) is 0 Å². The van der Waals surface area contributed by atoms with Crippen LogP contribution in [-0.2, 0) is 6.42 Å². The van der Waals surface area contributed by atoms with E-state index in [1.807, 2.05) is 0 Å². The highest BCUT2D eigenvalue weighted by atomic mass is 14.4. The van der Waals surface area contributed by atoms with Gasteiger partial charge >= 0.3 is 0 Å². The molecule has 4 aliphatic carbocycles. The van der Waals surface area contributed by atoms with Gasteiger partial charge in [0, 0.05) is 17.8 Å². The van der Waals surface area contributed by atoms with Gasteiger partial charge in [0.1, 0.15) is 0 Å². The first-order valence-electron chi connectivity index (χ1n) is 25.1. The highest BCUT2D eigenvalue weighted by Crippen LogP contribution is 2.56. The van der Waals surface area contributed by atoms with Crippen molar-refractivity contribution in [2.45, 2.75) is 134 Å². The Morgan fingerprint density at radius 1 is 0.524 bits per heavy atom. The molecule has 0 nitrogen and oxygen atoms in total. The molecule has 0 radical (unpaired) electrons. The highest BCUT2D eigenvalue weighted by molar-refractivity contribution is 6.03. The minimum absolute atomic E-state index is 0.330. The normalized spacial score (nSPS) is 23.0. The first-order chi connectivity index (χ1) is 31.1. The molecule has 4 bridgehead atoms. The quantitative estimate of drug-likeness (QED) is 0.157. The standard InChI is InChI=1S/C63H66/c1-4-5-26-51-52-37-34-46(44-21-10-7-11-22-44)39-58(52)56-27-14-6-9-19-41(2)60(57-31-18-30-53(51)62(56)57)63-49-35-32-43-20-17-25-48(38-43)50-36-33-47(45-23-12-8-13-24-45)40-59(50)61(42(49)3)54-28-15-16-29-55(54)63/h7-8,10-13,15-16,18,21-24,28-31,33-34,36-37,39-41,43,48,51,56,60H,4-6,9,14,17,19-20,25-27,32,35,38H2,1-3H3. The molecule has 0 amide bonds. The number of hydrogen-bond acceptors (Lipinski definition) is 0. The van der Waals surface area contributed by atoms with Crippen LogP contribution in [0, 0.1) is 18.8 Å². The van der Waals surface area contributed by atoms with Crippen molar-refractivity contribution in [3.05, 3.63) is 190 Å². The fourth-order valence-corrected chi connectivity index (χ4v) is 13.6. The second kappa shape index (κ2) is 17.4. The van der Waals surface area contributed by atoms with E-state index in [1.165, 1.54) is 134 Å². The van der Waals surface area contributed by atoms with Crippen LogP contribution < -0.4 is 0 Å². The molecule has 0 N–H and O–H groups in total. The largest absolute Gasteiger partial charge is 0.0654 e. The first kappa shape index (κ1) is 40.6. The van der Waals surface area contributed by atoms with Crippen LogP contribution in [0.1, 0.15) is 171 Å². The van der Waals surface area contributed by atoms with Crippen LogP contribution in [0.4, 0.5) is 0 Å².